The largest absolute Gasteiger partial charge is 0.378 e. The van der Waals surface area contributed by atoms with Gasteiger partial charge in [0.05, 0.1) is 0 Å². The molecule has 0 saturated carbocycles. The molecule has 2 aromatic carbocycles. The van der Waals surface area contributed by atoms with E-state index in [1.54, 1.807) is 30.3 Å². The number of aryl methyl sites for hydroxylation is 1. The van der Waals surface area contributed by atoms with Crippen molar-refractivity contribution in [1.29, 1.82) is 0 Å². The minimum atomic E-state index is -0.258. The van der Waals surface area contributed by atoms with Crippen LogP contribution in [0.15, 0.2) is 61.2 Å². The van der Waals surface area contributed by atoms with Crippen LogP contribution in [0.3, 0.4) is 0 Å². The Morgan fingerprint density at radius 1 is 1.00 bits per heavy atom. The van der Waals surface area contributed by atoms with Gasteiger partial charge in [-0.1, -0.05) is 18.2 Å². The van der Waals surface area contributed by atoms with Gasteiger partial charge in [-0.05, 0) is 54.8 Å². The molecule has 2 rings (SSSR count). The van der Waals surface area contributed by atoms with E-state index in [0.717, 1.165) is 12.8 Å². The van der Waals surface area contributed by atoms with Gasteiger partial charge in [0.15, 0.2) is 0 Å². The van der Waals surface area contributed by atoms with Crippen molar-refractivity contribution >= 4 is 23.3 Å². The molecule has 0 radical (unpaired) electrons. The molecule has 0 aliphatic rings. The standard InChI is InChI=1S/C22H28N4O2/c1-4-15-23-21(27)18-9-11-19(12-10-18)25-22(28)24-16-5-6-17-7-13-20(14-8-17)26(2)3/h4,7-14H,1,5-6,15-16H2,2-3H3,(H,23,27)(H2,24,25,28). The first-order valence-electron chi connectivity index (χ1n) is 9.30. The molecule has 0 saturated heterocycles. The van der Waals surface area contributed by atoms with Gasteiger partial charge in [0.25, 0.3) is 5.91 Å². The molecule has 3 N–H and O–H groups in total. The van der Waals surface area contributed by atoms with E-state index in [2.05, 4.69) is 51.7 Å². The molecule has 0 aliphatic carbocycles. The van der Waals surface area contributed by atoms with Gasteiger partial charge in [-0.2, -0.15) is 0 Å². The number of hydrogen-bond acceptors (Lipinski definition) is 3. The van der Waals surface area contributed by atoms with Gasteiger partial charge in [0.1, 0.15) is 0 Å². The fraction of sp³-hybridized carbons (Fsp3) is 0.273. The van der Waals surface area contributed by atoms with Crippen LogP contribution in [0.25, 0.3) is 0 Å². The van der Waals surface area contributed by atoms with Crippen molar-refractivity contribution in [3.63, 3.8) is 0 Å². The predicted octanol–water partition coefficient (Wildman–Crippen LogP) is 3.42. The zero-order chi connectivity index (χ0) is 20.4. The molecule has 2 aromatic rings. The van der Waals surface area contributed by atoms with E-state index < -0.39 is 0 Å². The first-order chi connectivity index (χ1) is 13.5. The van der Waals surface area contributed by atoms with Crippen LogP contribution in [0.4, 0.5) is 16.2 Å². The SMILES string of the molecule is C=CCNC(=O)c1ccc(NC(=O)NCCCc2ccc(N(C)C)cc2)cc1. The lowest BCUT2D eigenvalue weighted by atomic mass is 10.1. The Morgan fingerprint density at radius 2 is 1.68 bits per heavy atom. The van der Waals surface area contributed by atoms with E-state index in [1.807, 2.05) is 14.1 Å². The van der Waals surface area contributed by atoms with E-state index >= 15 is 0 Å². The molecule has 28 heavy (non-hydrogen) atoms. The van der Waals surface area contributed by atoms with Crippen LogP contribution in [0.2, 0.25) is 0 Å². The van der Waals surface area contributed by atoms with Crippen LogP contribution in [0, 0.1) is 0 Å². The molecule has 0 aliphatic heterocycles. The second kappa shape index (κ2) is 10.8. The number of carbonyl (C=O) groups excluding carboxylic acids is 2. The zero-order valence-corrected chi connectivity index (χ0v) is 16.5. The van der Waals surface area contributed by atoms with Crippen LogP contribution >= 0.6 is 0 Å². The summed E-state index contributed by atoms with van der Waals surface area (Å²) in [5.41, 5.74) is 3.59. The number of nitrogens with one attached hydrogen (secondary N) is 3. The van der Waals surface area contributed by atoms with Crippen LogP contribution in [0.5, 0.6) is 0 Å². The number of amides is 3. The van der Waals surface area contributed by atoms with Gasteiger partial charge >= 0.3 is 6.03 Å². The molecule has 6 heteroatoms. The summed E-state index contributed by atoms with van der Waals surface area (Å²) in [6.07, 6.45) is 3.39. The number of anilines is 2. The van der Waals surface area contributed by atoms with Gasteiger partial charge in [0.2, 0.25) is 0 Å². The highest BCUT2D eigenvalue weighted by Gasteiger charge is 2.05. The highest BCUT2D eigenvalue weighted by molar-refractivity contribution is 5.95. The van der Waals surface area contributed by atoms with Crippen LogP contribution in [-0.2, 0) is 6.42 Å². The molecule has 3 amide bonds. The summed E-state index contributed by atoms with van der Waals surface area (Å²) in [5, 5.41) is 8.32. The summed E-state index contributed by atoms with van der Waals surface area (Å²) < 4.78 is 0. The van der Waals surface area contributed by atoms with Crippen molar-refractivity contribution in [2.24, 2.45) is 0 Å². The molecular weight excluding hydrogens is 352 g/mol. The Bertz CT molecular complexity index is 783. The monoisotopic (exact) mass is 380 g/mol. The third-order valence-electron chi connectivity index (χ3n) is 4.19. The van der Waals surface area contributed by atoms with Gasteiger partial charge < -0.3 is 20.9 Å². The van der Waals surface area contributed by atoms with Crippen molar-refractivity contribution in [2.75, 3.05) is 37.4 Å². The van der Waals surface area contributed by atoms with Crippen molar-refractivity contribution in [3.05, 3.63) is 72.3 Å². The highest BCUT2D eigenvalue weighted by atomic mass is 16.2. The first-order valence-corrected chi connectivity index (χ1v) is 9.30. The van der Waals surface area contributed by atoms with Crippen molar-refractivity contribution in [2.45, 2.75) is 12.8 Å². The maximum Gasteiger partial charge on any atom is 0.319 e. The average molecular weight is 380 g/mol. The highest BCUT2D eigenvalue weighted by Crippen LogP contribution is 2.13. The Kier molecular flexibility index (Phi) is 8.09. The van der Waals surface area contributed by atoms with E-state index in [1.165, 1.54) is 11.3 Å². The molecule has 148 valence electrons. The van der Waals surface area contributed by atoms with Crippen molar-refractivity contribution in [1.82, 2.24) is 10.6 Å². The third kappa shape index (κ3) is 6.79. The molecule has 0 bridgehead atoms. The summed E-state index contributed by atoms with van der Waals surface area (Å²) in [6, 6.07) is 14.9. The number of benzene rings is 2. The van der Waals surface area contributed by atoms with Crippen LogP contribution in [0.1, 0.15) is 22.3 Å². The number of rotatable bonds is 9. The number of carbonyl (C=O) groups is 2. The fourth-order valence-electron chi connectivity index (χ4n) is 2.60. The van der Waals surface area contributed by atoms with Crippen molar-refractivity contribution < 1.29 is 9.59 Å². The molecule has 6 nitrogen and oxygen atoms in total. The van der Waals surface area contributed by atoms with E-state index in [-0.39, 0.29) is 11.9 Å². The van der Waals surface area contributed by atoms with Gasteiger partial charge in [-0.3, -0.25) is 4.79 Å². The second-order valence-corrected chi connectivity index (χ2v) is 6.62. The Hall–Kier alpha value is -3.28. The lowest BCUT2D eigenvalue weighted by Gasteiger charge is -2.12. The fourth-order valence-corrected chi connectivity index (χ4v) is 2.60. The minimum Gasteiger partial charge on any atom is -0.378 e. The summed E-state index contributed by atoms with van der Waals surface area (Å²) >= 11 is 0. The van der Waals surface area contributed by atoms with Gasteiger partial charge in [-0.25, -0.2) is 4.79 Å². The minimum absolute atomic E-state index is 0.172. The number of urea groups is 1. The van der Waals surface area contributed by atoms with Crippen molar-refractivity contribution in [3.8, 4) is 0 Å². The summed E-state index contributed by atoms with van der Waals surface area (Å²) in [6.45, 7) is 4.56. The number of nitrogens with zero attached hydrogens (tertiary/aromatic N) is 1. The summed E-state index contributed by atoms with van der Waals surface area (Å²) in [7, 11) is 4.03. The van der Waals surface area contributed by atoms with Crippen LogP contribution in [-0.4, -0.2) is 39.1 Å². The lowest BCUT2D eigenvalue weighted by molar-refractivity contribution is 0.0958. The maximum atomic E-state index is 12.0. The quantitative estimate of drug-likeness (QED) is 0.461. The number of hydrogen-bond donors (Lipinski definition) is 3. The second-order valence-electron chi connectivity index (χ2n) is 6.62. The Morgan fingerprint density at radius 3 is 2.29 bits per heavy atom. The predicted molar refractivity (Wildman–Crippen MR) is 115 cm³/mol. The van der Waals surface area contributed by atoms with Crippen LogP contribution < -0.4 is 20.9 Å². The Balaban J connectivity index is 1.70. The molecular formula is C22H28N4O2. The van der Waals surface area contributed by atoms with E-state index in [0.29, 0.717) is 24.3 Å². The molecule has 0 aromatic heterocycles. The first kappa shape index (κ1) is 21.0. The molecule has 0 atom stereocenters. The molecule has 0 heterocycles. The third-order valence-corrected chi connectivity index (χ3v) is 4.19. The normalized spacial score (nSPS) is 10.1. The molecule has 0 fully saturated rings. The maximum absolute atomic E-state index is 12.0. The Labute approximate surface area is 166 Å². The van der Waals surface area contributed by atoms with E-state index in [4.69, 9.17) is 0 Å². The molecule has 0 unspecified atom stereocenters. The topological polar surface area (TPSA) is 73.5 Å². The zero-order valence-electron chi connectivity index (χ0n) is 16.5. The van der Waals surface area contributed by atoms with E-state index in [9.17, 15) is 9.59 Å². The van der Waals surface area contributed by atoms with Gasteiger partial charge in [-0.15, -0.1) is 6.58 Å². The van der Waals surface area contributed by atoms with Gasteiger partial charge in [0, 0.05) is 44.1 Å². The lowest BCUT2D eigenvalue weighted by Crippen LogP contribution is -2.29. The smallest absolute Gasteiger partial charge is 0.319 e. The average Bonchev–Trinajstić information content (AvgIpc) is 2.70. The molecule has 0 spiro atoms. The summed E-state index contributed by atoms with van der Waals surface area (Å²) in [4.78, 5) is 25.9. The summed E-state index contributed by atoms with van der Waals surface area (Å²) in [5.74, 6) is -0.172.